The Labute approximate surface area is 64.9 Å². The standard InChI is InChI=1S/C7H13BrO/c1-2-7-4-3-6(8)5-9-7/h6-7H,2-5H2,1H3. The molecule has 2 atom stereocenters. The van der Waals surface area contributed by atoms with Gasteiger partial charge in [0.15, 0.2) is 0 Å². The Morgan fingerprint density at radius 2 is 2.33 bits per heavy atom. The predicted molar refractivity (Wildman–Crippen MR) is 42.0 cm³/mol. The number of ether oxygens (including phenoxy) is 1. The number of rotatable bonds is 1. The van der Waals surface area contributed by atoms with Gasteiger partial charge in [0.05, 0.1) is 12.7 Å². The molecule has 1 nitrogen and oxygen atoms in total. The molecule has 9 heavy (non-hydrogen) atoms. The minimum Gasteiger partial charge on any atom is -0.377 e. The van der Waals surface area contributed by atoms with Crippen LogP contribution < -0.4 is 0 Å². The maximum absolute atomic E-state index is 5.49. The van der Waals surface area contributed by atoms with Crippen LogP contribution in [0.25, 0.3) is 0 Å². The van der Waals surface area contributed by atoms with E-state index in [1.807, 2.05) is 0 Å². The number of hydrogen-bond acceptors (Lipinski definition) is 1. The second-order valence-corrected chi connectivity index (χ2v) is 3.83. The van der Waals surface area contributed by atoms with Crippen LogP contribution in [-0.2, 0) is 4.74 Å². The zero-order valence-electron chi connectivity index (χ0n) is 5.77. The molecular weight excluding hydrogens is 180 g/mol. The molecule has 1 aliphatic heterocycles. The van der Waals surface area contributed by atoms with Gasteiger partial charge < -0.3 is 4.74 Å². The van der Waals surface area contributed by atoms with Gasteiger partial charge in [-0.25, -0.2) is 0 Å². The highest BCUT2D eigenvalue weighted by Crippen LogP contribution is 2.20. The molecule has 1 heterocycles. The SMILES string of the molecule is CCC1CCC(Br)CO1. The molecule has 2 heteroatoms. The Morgan fingerprint density at radius 1 is 1.56 bits per heavy atom. The molecule has 1 rings (SSSR count). The molecule has 0 spiro atoms. The molecule has 54 valence electrons. The third kappa shape index (κ3) is 2.26. The van der Waals surface area contributed by atoms with Gasteiger partial charge in [0.25, 0.3) is 0 Å². The predicted octanol–water partition coefficient (Wildman–Crippen LogP) is 2.34. The van der Waals surface area contributed by atoms with Crippen molar-refractivity contribution in [1.82, 2.24) is 0 Å². The number of hydrogen-bond donors (Lipinski definition) is 0. The van der Waals surface area contributed by atoms with E-state index in [1.54, 1.807) is 0 Å². The van der Waals surface area contributed by atoms with Gasteiger partial charge in [0.2, 0.25) is 0 Å². The molecule has 0 N–H and O–H groups in total. The first kappa shape index (κ1) is 7.55. The third-order valence-electron chi connectivity index (χ3n) is 1.77. The van der Waals surface area contributed by atoms with Crippen molar-refractivity contribution in [3.05, 3.63) is 0 Å². The van der Waals surface area contributed by atoms with Crippen LogP contribution in [0, 0.1) is 0 Å². The van der Waals surface area contributed by atoms with Crippen molar-refractivity contribution in [1.29, 1.82) is 0 Å². The fraction of sp³-hybridized carbons (Fsp3) is 1.00. The third-order valence-corrected chi connectivity index (χ3v) is 2.49. The van der Waals surface area contributed by atoms with E-state index >= 15 is 0 Å². The second-order valence-electron chi connectivity index (χ2n) is 2.54. The van der Waals surface area contributed by atoms with E-state index in [0.717, 1.165) is 6.61 Å². The summed E-state index contributed by atoms with van der Waals surface area (Å²) in [5.41, 5.74) is 0. The summed E-state index contributed by atoms with van der Waals surface area (Å²) < 4.78 is 5.49. The number of alkyl halides is 1. The lowest BCUT2D eigenvalue weighted by Gasteiger charge is -2.24. The minimum atomic E-state index is 0.541. The van der Waals surface area contributed by atoms with Gasteiger partial charge >= 0.3 is 0 Å². The zero-order chi connectivity index (χ0) is 6.69. The quantitative estimate of drug-likeness (QED) is 0.580. The van der Waals surface area contributed by atoms with Gasteiger partial charge in [-0.15, -0.1) is 0 Å². The molecule has 2 unspecified atom stereocenters. The average Bonchev–Trinajstić information content (AvgIpc) is 1.90. The Kier molecular flexibility index (Phi) is 2.99. The van der Waals surface area contributed by atoms with Gasteiger partial charge in [0.1, 0.15) is 0 Å². The average molecular weight is 193 g/mol. The summed E-state index contributed by atoms with van der Waals surface area (Å²) in [7, 11) is 0. The van der Waals surface area contributed by atoms with E-state index in [9.17, 15) is 0 Å². The molecular formula is C7H13BrO. The largest absolute Gasteiger partial charge is 0.377 e. The summed E-state index contributed by atoms with van der Waals surface area (Å²) in [6.07, 6.45) is 4.21. The lowest BCUT2D eigenvalue weighted by Crippen LogP contribution is -2.25. The Bertz CT molecular complexity index is 77.0. The maximum atomic E-state index is 5.49. The van der Waals surface area contributed by atoms with E-state index < -0.39 is 0 Å². The van der Waals surface area contributed by atoms with E-state index in [0.29, 0.717) is 10.9 Å². The van der Waals surface area contributed by atoms with Crippen molar-refractivity contribution in [3.63, 3.8) is 0 Å². The van der Waals surface area contributed by atoms with E-state index in [4.69, 9.17) is 4.74 Å². The lowest BCUT2D eigenvalue weighted by atomic mass is 10.1. The van der Waals surface area contributed by atoms with Crippen molar-refractivity contribution in [3.8, 4) is 0 Å². The van der Waals surface area contributed by atoms with Crippen molar-refractivity contribution >= 4 is 15.9 Å². The van der Waals surface area contributed by atoms with Crippen LogP contribution in [0.2, 0.25) is 0 Å². The van der Waals surface area contributed by atoms with Gasteiger partial charge in [-0.3, -0.25) is 0 Å². The Hall–Kier alpha value is 0.440. The van der Waals surface area contributed by atoms with Crippen molar-refractivity contribution in [2.45, 2.75) is 37.1 Å². The molecule has 0 radical (unpaired) electrons. The monoisotopic (exact) mass is 192 g/mol. The fourth-order valence-corrected chi connectivity index (χ4v) is 1.51. The summed E-state index contributed by atoms with van der Waals surface area (Å²) in [4.78, 5) is 0.611. The molecule has 0 aromatic heterocycles. The second kappa shape index (κ2) is 3.57. The summed E-state index contributed by atoms with van der Waals surface area (Å²) in [6.45, 7) is 3.08. The van der Waals surface area contributed by atoms with Crippen LogP contribution in [0.15, 0.2) is 0 Å². The normalized spacial score (nSPS) is 36.7. The summed E-state index contributed by atoms with van der Waals surface area (Å²) >= 11 is 3.52. The van der Waals surface area contributed by atoms with Gasteiger partial charge in [-0.1, -0.05) is 22.9 Å². The highest BCUT2D eigenvalue weighted by atomic mass is 79.9. The van der Waals surface area contributed by atoms with Crippen LogP contribution in [0.3, 0.4) is 0 Å². The minimum absolute atomic E-state index is 0.541. The van der Waals surface area contributed by atoms with E-state index in [-0.39, 0.29) is 0 Å². The highest BCUT2D eigenvalue weighted by Gasteiger charge is 2.17. The number of halogens is 1. The van der Waals surface area contributed by atoms with E-state index in [2.05, 4.69) is 22.9 Å². The summed E-state index contributed by atoms with van der Waals surface area (Å²) in [5, 5.41) is 0. The maximum Gasteiger partial charge on any atom is 0.0595 e. The topological polar surface area (TPSA) is 9.23 Å². The van der Waals surface area contributed by atoms with Gasteiger partial charge in [0, 0.05) is 4.83 Å². The Balaban J connectivity index is 2.18. The molecule has 0 aromatic rings. The van der Waals surface area contributed by atoms with Gasteiger partial charge in [-0.2, -0.15) is 0 Å². The molecule has 1 saturated heterocycles. The van der Waals surface area contributed by atoms with E-state index in [1.165, 1.54) is 19.3 Å². The molecule has 1 fully saturated rings. The van der Waals surface area contributed by atoms with Crippen molar-refractivity contribution < 1.29 is 4.74 Å². The first-order chi connectivity index (χ1) is 4.33. The summed E-state index contributed by atoms with van der Waals surface area (Å²) in [6, 6.07) is 0. The van der Waals surface area contributed by atoms with Crippen LogP contribution >= 0.6 is 15.9 Å². The van der Waals surface area contributed by atoms with Gasteiger partial charge in [-0.05, 0) is 19.3 Å². The fourth-order valence-electron chi connectivity index (χ4n) is 1.10. The summed E-state index contributed by atoms with van der Waals surface area (Å²) in [5.74, 6) is 0. The smallest absolute Gasteiger partial charge is 0.0595 e. The lowest BCUT2D eigenvalue weighted by molar-refractivity contribution is 0.0190. The zero-order valence-corrected chi connectivity index (χ0v) is 7.36. The van der Waals surface area contributed by atoms with Crippen LogP contribution in [0.1, 0.15) is 26.2 Å². The molecule has 0 saturated carbocycles. The molecule has 0 aromatic carbocycles. The van der Waals surface area contributed by atoms with Crippen LogP contribution in [0.4, 0.5) is 0 Å². The van der Waals surface area contributed by atoms with Crippen LogP contribution in [-0.4, -0.2) is 17.5 Å². The molecule has 0 amide bonds. The molecule has 1 aliphatic rings. The van der Waals surface area contributed by atoms with Crippen molar-refractivity contribution in [2.75, 3.05) is 6.61 Å². The first-order valence-corrected chi connectivity index (χ1v) is 4.50. The molecule has 0 bridgehead atoms. The Morgan fingerprint density at radius 3 is 2.78 bits per heavy atom. The molecule has 0 aliphatic carbocycles. The van der Waals surface area contributed by atoms with Crippen molar-refractivity contribution in [2.24, 2.45) is 0 Å². The highest BCUT2D eigenvalue weighted by molar-refractivity contribution is 9.09. The first-order valence-electron chi connectivity index (χ1n) is 3.58. The van der Waals surface area contributed by atoms with Crippen LogP contribution in [0.5, 0.6) is 0 Å².